The number of carboxylic acids is 1. The van der Waals surface area contributed by atoms with E-state index in [1.54, 1.807) is 0 Å². The summed E-state index contributed by atoms with van der Waals surface area (Å²) in [6.07, 6.45) is -8.46. The lowest BCUT2D eigenvalue weighted by Gasteiger charge is -2.44. The zero-order valence-corrected chi connectivity index (χ0v) is 17.0. The van der Waals surface area contributed by atoms with Gasteiger partial charge in [-0.3, -0.25) is 24.0 Å². The van der Waals surface area contributed by atoms with Crippen molar-refractivity contribution >= 4 is 29.8 Å². The standard InChI is InChI=1S/C18H26O12/c1-9(19)26-8-13-15(27-10(2)20)16(28-11(3)21)17(29-12(4)22)18(30-13)25-7-5-6-14(23)24/h13,15-18H,5-8H2,1-4H3,(H,23,24)/t13-,15-,16+,17-,18?/m1/s1/i5D/t5?,13-,15-,16+,17-,18?. The summed E-state index contributed by atoms with van der Waals surface area (Å²) in [5, 5.41) is 8.79. The highest BCUT2D eigenvalue weighted by Crippen LogP contribution is 2.30. The quantitative estimate of drug-likeness (QED) is 0.360. The predicted octanol–water partition coefficient (Wildman–Crippen LogP) is -0.0491. The minimum absolute atomic E-state index is 0.420. The molecule has 0 saturated carbocycles. The Morgan fingerprint density at radius 3 is 1.90 bits per heavy atom. The summed E-state index contributed by atoms with van der Waals surface area (Å²) in [6.45, 7) is 3.53. The van der Waals surface area contributed by atoms with Crippen molar-refractivity contribution in [2.45, 2.75) is 71.2 Å². The number of rotatable bonds is 10. The molecule has 6 atom stereocenters. The average molecular weight is 435 g/mol. The maximum atomic E-state index is 11.7. The first-order chi connectivity index (χ1) is 14.4. The van der Waals surface area contributed by atoms with Gasteiger partial charge in [0, 0.05) is 35.5 Å². The second-order valence-electron chi connectivity index (χ2n) is 6.29. The van der Waals surface area contributed by atoms with Gasteiger partial charge in [0.2, 0.25) is 0 Å². The van der Waals surface area contributed by atoms with E-state index in [1.807, 2.05) is 0 Å². The van der Waals surface area contributed by atoms with Gasteiger partial charge in [0.15, 0.2) is 24.6 Å². The molecule has 1 N–H and O–H groups in total. The van der Waals surface area contributed by atoms with Gasteiger partial charge in [0.25, 0.3) is 0 Å². The largest absolute Gasteiger partial charge is 0.481 e. The lowest BCUT2D eigenvalue weighted by molar-refractivity contribution is -0.308. The van der Waals surface area contributed by atoms with E-state index in [0.717, 1.165) is 27.7 Å². The van der Waals surface area contributed by atoms with Gasteiger partial charge < -0.3 is 33.5 Å². The molecule has 0 aliphatic carbocycles. The molecule has 1 aliphatic rings. The lowest BCUT2D eigenvalue weighted by Crippen LogP contribution is -2.63. The van der Waals surface area contributed by atoms with Gasteiger partial charge in [-0.05, 0) is 6.40 Å². The molecule has 170 valence electrons. The molecule has 30 heavy (non-hydrogen) atoms. The molecule has 0 aromatic heterocycles. The second kappa shape index (κ2) is 12.1. The van der Waals surface area contributed by atoms with Crippen molar-refractivity contribution in [1.82, 2.24) is 0 Å². The first-order valence-electron chi connectivity index (χ1n) is 9.54. The number of aliphatic carboxylic acids is 1. The van der Waals surface area contributed by atoms with Gasteiger partial charge in [0.1, 0.15) is 12.7 Å². The summed E-state index contributed by atoms with van der Waals surface area (Å²) in [5.41, 5.74) is 0. The minimum atomic E-state index is -1.44. The van der Waals surface area contributed by atoms with Crippen molar-refractivity contribution in [3.8, 4) is 0 Å². The van der Waals surface area contributed by atoms with Gasteiger partial charge in [-0.1, -0.05) is 0 Å². The van der Waals surface area contributed by atoms with Crippen molar-refractivity contribution in [2.75, 3.05) is 13.2 Å². The first-order valence-corrected chi connectivity index (χ1v) is 8.96. The van der Waals surface area contributed by atoms with Crippen molar-refractivity contribution in [3.05, 3.63) is 0 Å². The van der Waals surface area contributed by atoms with E-state index in [-0.39, 0.29) is 0 Å². The first kappa shape index (κ1) is 23.5. The summed E-state index contributed by atoms with van der Waals surface area (Å²) in [7, 11) is 0. The van der Waals surface area contributed by atoms with Crippen LogP contribution >= 0.6 is 0 Å². The molecule has 12 nitrogen and oxygen atoms in total. The Balaban J connectivity index is 3.22. The highest BCUT2D eigenvalue weighted by molar-refractivity contribution is 5.68. The summed E-state index contributed by atoms with van der Waals surface area (Å²) < 4.78 is 39.3. The number of hydrogen-bond acceptors (Lipinski definition) is 11. The normalized spacial score (nSPS) is 27.2. The third-order valence-electron chi connectivity index (χ3n) is 3.65. The van der Waals surface area contributed by atoms with Crippen LogP contribution in [0.25, 0.3) is 0 Å². The Morgan fingerprint density at radius 2 is 1.40 bits per heavy atom. The Kier molecular flexibility index (Phi) is 9.48. The molecule has 1 fully saturated rings. The highest BCUT2D eigenvalue weighted by atomic mass is 16.7. The number of esters is 4. The Hall–Kier alpha value is -2.73. The molecule has 0 aromatic rings. The summed E-state index contributed by atoms with van der Waals surface area (Å²) in [5.74, 6) is -4.25. The second-order valence-corrected chi connectivity index (χ2v) is 6.29. The van der Waals surface area contributed by atoms with Gasteiger partial charge in [-0.15, -0.1) is 0 Å². The average Bonchev–Trinajstić information content (AvgIpc) is 2.60. The van der Waals surface area contributed by atoms with Crippen LogP contribution in [0.5, 0.6) is 0 Å². The SMILES string of the molecule is [2H]C(COC1O[C@H](COC(C)=O)[C@@H](OC(C)=O)[C@H](OC(C)=O)[C@H]1OC(C)=O)CC(=O)O. The van der Waals surface area contributed by atoms with Gasteiger partial charge in [-0.2, -0.15) is 0 Å². The maximum Gasteiger partial charge on any atom is 0.303 e. The molecule has 0 spiro atoms. The number of carboxylic acid groups (broad SMARTS) is 1. The van der Waals surface area contributed by atoms with E-state index < -0.39 is 86.6 Å². The predicted molar refractivity (Wildman–Crippen MR) is 94.8 cm³/mol. The Labute approximate surface area is 174 Å². The van der Waals surface area contributed by atoms with E-state index in [2.05, 4.69) is 0 Å². The van der Waals surface area contributed by atoms with E-state index in [1.165, 1.54) is 0 Å². The highest BCUT2D eigenvalue weighted by Gasteiger charge is 2.52. The molecule has 0 radical (unpaired) electrons. The topological polar surface area (TPSA) is 161 Å². The molecule has 1 saturated heterocycles. The number of carbonyl (C=O) groups excluding carboxylic acids is 4. The number of carbonyl (C=O) groups is 5. The molecular weight excluding hydrogens is 408 g/mol. The van der Waals surface area contributed by atoms with E-state index in [9.17, 15) is 24.0 Å². The van der Waals surface area contributed by atoms with E-state index >= 15 is 0 Å². The van der Waals surface area contributed by atoms with Crippen LogP contribution in [-0.4, -0.2) is 78.9 Å². The minimum Gasteiger partial charge on any atom is -0.481 e. The summed E-state index contributed by atoms with van der Waals surface area (Å²) in [6, 6.07) is 0. The van der Waals surface area contributed by atoms with E-state index in [4.69, 9.17) is 34.9 Å². The Bertz CT molecular complexity index is 680. The van der Waals surface area contributed by atoms with Crippen LogP contribution in [0, 0.1) is 0 Å². The van der Waals surface area contributed by atoms with Crippen molar-refractivity contribution < 1.29 is 58.9 Å². The fourth-order valence-electron chi connectivity index (χ4n) is 2.67. The van der Waals surface area contributed by atoms with Crippen LogP contribution in [0.2, 0.25) is 0 Å². The lowest BCUT2D eigenvalue weighted by atomic mass is 9.98. The molecule has 0 bridgehead atoms. The van der Waals surface area contributed by atoms with Crippen molar-refractivity contribution in [1.29, 1.82) is 0 Å². The van der Waals surface area contributed by atoms with Crippen LogP contribution in [0.4, 0.5) is 0 Å². The van der Waals surface area contributed by atoms with Crippen LogP contribution in [0.1, 0.15) is 41.9 Å². The third-order valence-corrected chi connectivity index (χ3v) is 3.65. The molecule has 0 aromatic carbocycles. The van der Waals surface area contributed by atoms with Crippen LogP contribution in [-0.2, 0) is 52.4 Å². The fraction of sp³-hybridized carbons (Fsp3) is 0.722. The smallest absolute Gasteiger partial charge is 0.303 e. The zero-order valence-electron chi connectivity index (χ0n) is 18.0. The molecule has 1 heterocycles. The Morgan fingerprint density at radius 1 is 0.867 bits per heavy atom. The summed E-state index contributed by atoms with van der Waals surface area (Å²) >= 11 is 0. The molecular formula is C18H26O12. The van der Waals surface area contributed by atoms with Crippen molar-refractivity contribution in [2.24, 2.45) is 0 Å². The fourth-order valence-corrected chi connectivity index (χ4v) is 2.67. The van der Waals surface area contributed by atoms with Crippen LogP contribution in [0.3, 0.4) is 0 Å². The molecule has 12 heteroatoms. The van der Waals surface area contributed by atoms with Gasteiger partial charge in [-0.25, -0.2) is 0 Å². The van der Waals surface area contributed by atoms with Gasteiger partial charge in [0.05, 0.1) is 6.61 Å². The zero-order chi connectivity index (χ0) is 23.7. The van der Waals surface area contributed by atoms with Crippen LogP contribution in [0.15, 0.2) is 0 Å². The summed E-state index contributed by atoms with van der Waals surface area (Å²) in [4.78, 5) is 56.9. The molecule has 1 aliphatic heterocycles. The maximum absolute atomic E-state index is 11.7. The van der Waals surface area contributed by atoms with Gasteiger partial charge >= 0.3 is 29.8 Å². The van der Waals surface area contributed by atoms with E-state index in [0.29, 0.717) is 0 Å². The molecule has 2 unspecified atom stereocenters. The van der Waals surface area contributed by atoms with Crippen LogP contribution < -0.4 is 0 Å². The van der Waals surface area contributed by atoms with Crippen molar-refractivity contribution in [3.63, 3.8) is 0 Å². The molecule has 1 rings (SSSR count). The molecule has 0 amide bonds. The number of hydrogen-bond donors (Lipinski definition) is 1. The third kappa shape index (κ3) is 8.74. The number of ether oxygens (including phenoxy) is 6. The monoisotopic (exact) mass is 435 g/mol.